The van der Waals surface area contributed by atoms with Crippen LogP contribution in [0.15, 0.2) is 6.07 Å². The molecular formula is C14H20Cl2N2. The fourth-order valence-electron chi connectivity index (χ4n) is 2.70. The van der Waals surface area contributed by atoms with Gasteiger partial charge in [0.25, 0.3) is 0 Å². The average molecular weight is 287 g/mol. The molecule has 100 valence electrons. The highest BCUT2D eigenvalue weighted by molar-refractivity contribution is 6.34. The van der Waals surface area contributed by atoms with E-state index in [1.165, 1.54) is 25.7 Å². The standard InChI is InChI=1S/C14H20Cl2N2/c1-9-8-11(15)18-13(16)12(9)17-10-6-4-5-7-14(10,2)3/h8,10,17H,4-7H2,1-3H3. The Kier molecular flexibility index (Phi) is 4.08. The smallest absolute Gasteiger partial charge is 0.154 e. The molecule has 1 saturated carbocycles. The molecule has 18 heavy (non-hydrogen) atoms. The predicted molar refractivity (Wildman–Crippen MR) is 78.7 cm³/mol. The van der Waals surface area contributed by atoms with Gasteiger partial charge in [0.1, 0.15) is 5.15 Å². The number of pyridine rings is 1. The van der Waals surface area contributed by atoms with Gasteiger partial charge in [-0.3, -0.25) is 0 Å². The molecule has 1 heterocycles. The Morgan fingerprint density at radius 2 is 2.06 bits per heavy atom. The number of rotatable bonds is 2. The summed E-state index contributed by atoms with van der Waals surface area (Å²) in [7, 11) is 0. The first-order chi connectivity index (χ1) is 8.40. The molecule has 1 atom stereocenters. The number of halogens is 2. The van der Waals surface area contributed by atoms with E-state index in [0.29, 0.717) is 21.8 Å². The van der Waals surface area contributed by atoms with Crippen molar-refractivity contribution in [3.63, 3.8) is 0 Å². The van der Waals surface area contributed by atoms with Crippen LogP contribution in [0.4, 0.5) is 5.69 Å². The van der Waals surface area contributed by atoms with Crippen LogP contribution in [-0.4, -0.2) is 11.0 Å². The molecule has 4 heteroatoms. The lowest BCUT2D eigenvalue weighted by Crippen LogP contribution is -2.39. The summed E-state index contributed by atoms with van der Waals surface area (Å²) in [6.45, 7) is 6.64. The van der Waals surface area contributed by atoms with Crippen LogP contribution in [0.3, 0.4) is 0 Å². The van der Waals surface area contributed by atoms with Gasteiger partial charge < -0.3 is 5.32 Å². The van der Waals surface area contributed by atoms with Crippen molar-refractivity contribution in [1.82, 2.24) is 4.98 Å². The van der Waals surface area contributed by atoms with E-state index in [2.05, 4.69) is 24.1 Å². The molecule has 1 N–H and O–H groups in total. The van der Waals surface area contributed by atoms with Gasteiger partial charge in [-0.2, -0.15) is 0 Å². The van der Waals surface area contributed by atoms with Gasteiger partial charge in [-0.25, -0.2) is 4.98 Å². The number of aromatic nitrogens is 1. The second-order valence-electron chi connectivity index (χ2n) is 5.86. The third-order valence-corrected chi connectivity index (χ3v) is 4.43. The van der Waals surface area contributed by atoms with Gasteiger partial charge in [0.2, 0.25) is 0 Å². The van der Waals surface area contributed by atoms with E-state index < -0.39 is 0 Å². The van der Waals surface area contributed by atoms with Crippen LogP contribution in [0.25, 0.3) is 0 Å². The normalized spacial score (nSPS) is 22.8. The number of hydrogen-bond acceptors (Lipinski definition) is 2. The van der Waals surface area contributed by atoms with Crippen LogP contribution in [-0.2, 0) is 0 Å². The summed E-state index contributed by atoms with van der Waals surface area (Å²) < 4.78 is 0. The summed E-state index contributed by atoms with van der Waals surface area (Å²) in [5.74, 6) is 0. The number of nitrogens with zero attached hydrogens (tertiary/aromatic N) is 1. The van der Waals surface area contributed by atoms with Gasteiger partial charge in [0, 0.05) is 6.04 Å². The molecule has 2 rings (SSSR count). The fraction of sp³-hybridized carbons (Fsp3) is 0.643. The first-order valence-electron chi connectivity index (χ1n) is 6.49. The van der Waals surface area contributed by atoms with Crippen molar-refractivity contribution in [3.05, 3.63) is 21.9 Å². The highest BCUT2D eigenvalue weighted by Gasteiger charge is 2.32. The van der Waals surface area contributed by atoms with Crippen molar-refractivity contribution in [2.75, 3.05) is 5.32 Å². The van der Waals surface area contributed by atoms with Crippen molar-refractivity contribution >= 4 is 28.9 Å². The molecule has 1 fully saturated rings. The molecule has 0 aromatic carbocycles. The lowest BCUT2D eigenvalue weighted by molar-refractivity contribution is 0.217. The van der Waals surface area contributed by atoms with Crippen molar-refractivity contribution in [2.24, 2.45) is 5.41 Å². The zero-order valence-corrected chi connectivity index (χ0v) is 12.7. The Labute approximate surface area is 119 Å². The molecule has 0 spiro atoms. The topological polar surface area (TPSA) is 24.9 Å². The molecule has 1 aliphatic rings. The minimum absolute atomic E-state index is 0.299. The Morgan fingerprint density at radius 3 is 2.67 bits per heavy atom. The number of nitrogens with one attached hydrogen (secondary N) is 1. The SMILES string of the molecule is Cc1cc(Cl)nc(Cl)c1NC1CCCCC1(C)C. The molecule has 0 saturated heterocycles. The van der Waals surface area contributed by atoms with Gasteiger partial charge in [0.05, 0.1) is 5.69 Å². The lowest BCUT2D eigenvalue weighted by atomic mass is 9.73. The van der Waals surface area contributed by atoms with Crippen LogP contribution in [0, 0.1) is 12.3 Å². The van der Waals surface area contributed by atoms with E-state index in [-0.39, 0.29) is 0 Å². The highest BCUT2D eigenvalue weighted by Crippen LogP contribution is 2.39. The Balaban J connectivity index is 2.23. The van der Waals surface area contributed by atoms with E-state index in [1.54, 1.807) is 0 Å². The quantitative estimate of drug-likeness (QED) is 0.767. The Bertz CT molecular complexity index is 420. The molecule has 0 amide bonds. The van der Waals surface area contributed by atoms with E-state index in [9.17, 15) is 0 Å². The number of hydrogen-bond donors (Lipinski definition) is 1. The minimum Gasteiger partial charge on any atom is -0.379 e. The maximum atomic E-state index is 6.19. The second kappa shape index (κ2) is 5.26. The van der Waals surface area contributed by atoms with Crippen LogP contribution < -0.4 is 5.32 Å². The first kappa shape index (κ1) is 14.0. The van der Waals surface area contributed by atoms with Gasteiger partial charge >= 0.3 is 0 Å². The fourth-order valence-corrected chi connectivity index (χ4v) is 3.29. The van der Waals surface area contributed by atoms with E-state index in [4.69, 9.17) is 23.2 Å². The van der Waals surface area contributed by atoms with Crippen LogP contribution in [0.5, 0.6) is 0 Å². The molecule has 0 radical (unpaired) electrons. The van der Waals surface area contributed by atoms with Crippen molar-refractivity contribution in [3.8, 4) is 0 Å². The average Bonchev–Trinajstić information content (AvgIpc) is 2.24. The van der Waals surface area contributed by atoms with Gasteiger partial charge in [-0.05, 0) is 36.8 Å². The van der Waals surface area contributed by atoms with Gasteiger partial charge in [0.15, 0.2) is 5.15 Å². The number of anilines is 1. The Hall–Kier alpha value is -0.470. The molecule has 0 bridgehead atoms. The zero-order valence-electron chi connectivity index (χ0n) is 11.2. The third-order valence-electron chi connectivity index (χ3n) is 3.97. The minimum atomic E-state index is 0.299. The van der Waals surface area contributed by atoms with Crippen molar-refractivity contribution in [1.29, 1.82) is 0 Å². The summed E-state index contributed by atoms with van der Waals surface area (Å²) in [6, 6.07) is 2.30. The largest absolute Gasteiger partial charge is 0.379 e. The maximum absolute atomic E-state index is 6.19. The molecule has 1 aliphatic carbocycles. The van der Waals surface area contributed by atoms with Crippen LogP contribution in [0.1, 0.15) is 45.1 Å². The van der Waals surface area contributed by atoms with Crippen LogP contribution >= 0.6 is 23.2 Å². The monoisotopic (exact) mass is 286 g/mol. The van der Waals surface area contributed by atoms with Crippen LogP contribution in [0.2, 0.25) is 10.3 Å². The maximum Gasteiger partial charge on any atom is 0.154 e. The summed E-state index contributed by atoms with van der Waals surface area (Å²) in [6.07, 6.45) is 5.03. The highest BCUT2D eigenvalue weighted by atomic mass is 35.5. The molecule has 1 aromatic rings. The van der Waals surface area contributed by atoms with E-state index >= 15 is 0 Å². The first-order valence-corrected chi connectivity index (χ1v) is 7.25. The van der Waals surface area contributed by atoms with Crippen molar-refractivity contribution < 1.29 is 0 Å². The van der Waals surface area contributed by atoms with E-state index in [1.807, 2.05) is 13.0 Å². The van der Waals surface area contributed by atoms with Gasteiger partial charge in [-0.15, -0.1) is 0 Å². The second-order valence-corrected chi connectivity index (χ2v) is 6.60. The predicted octanol–water partition coefficient (Wildman–Crippen LogP) is 5.08. The molecule has 1 unspecified atom stereocenters. The summed E-state index contributed by atoms with van der Waals surface area (Å²) in [4.78, 5) is 4.12. The third kappa shape index (κ3) is 2.92. The lowest BCUT2D eigenvalue weighted by Gasteiger charge is -2.40. The summed E-state index contributed by atoms with van der Waals surface area (Å²) in [5.41, 5.74) is 2.29. The summed E-state index contributed by atoms with van der Waals surface area (Å²) in [5, 5.41) is 4.51. The molecular weight excluding hydrogens is 267 g/mol. The Morgan fingerprint density at radius 1 is 1.33 bits per heavy atom. The number of aryl methyl sites for hydroxylation is 1. The zero-order chi connectivity index (χ0) is 13.3. The molecule has 0 aliphatic heterocycles. The molecule has 2 nitrogen and oxygen atoms in total. The van der Waals surface area contributed by atoms with E-state index in [0.717, 1.165) is 11.3 Å². The van der Waals surface area contributed by atoms with Gasteiger partial charge in [-0.1, -0.05) is 49.9 Å². The molecule has 1 aromatic heterocycles. The summed E-state index contributed by atoms with van der Waals surface area (Å²) >= 11 is 12.1. The van der Waals surface area contributed by atoms with Crippen molar-refractivity contribution in [2.45, 2.75) is 52.5 Å².